The summed E-state index contributed by atoms with van der Waals surface area (Å²) in [5.74, 6) is 0.809. The molecule has 1 aromatic carbocycles. The number of ether oxygens (including phenoxy) is 2. The van der Waals surface area contributed by atoms with Crippen LogP contribution in [0.25, 0.3) is 0 Å². The first kappa shape index (κ1) is 15.3. The van der Waals surface area contributed by atoms with E-state index in [0.717, 1.165) is 18.8 Å². The van der Waals surface area contributed by atoms with Crippen molar-refractivity contribution in [2.75, 3.05) is 11.9 Å². The molecule has 0 saturated carbocycles. The lowest BCUT2D eigenvalue weighted by Gasteiger charge is -2.07. The Morgan fingerprint density at radius 1 is 1.16 bits per heavy atom. The van der Waals surface area contributed by atoms with E-state index in [1.165, 1.54) is 25.7 Å². The van der Waals surface area contributed by atoms with Crippen molar-refractivity contribution in [1.82, 2.24) is 0 Å². The Morgan fingerprint density at radius 2 is 1.84 bits per heavy atom. The highest BCUT2D eigenvalue weighted by molar-refractivity contribution is 5.84. The summed E-state index contributed by atoms with van der Waals surface area (Å²) in [6, 6.07) is 7.18. The van der Waals surface area contributed by atoms with Gasteiger partial charge in [0.25, 0.3) is 0 Å². The van der Waals surface area contributed by atoms with Crippen LogP contribution in [0.3, 0.4) is 0 Å². The molecule has 19 heavy (non-hydrogen) atoms. The maximum atomic E-state index is 10.9. The van der Waals surface area contributed by atoms with Gasteiger partial charge in [-0.25, -0.2) is 4.79 Å². The second-order valence-electron chi connectivity index (χ2n) is 4.34. The number of carbonyl (C=O) groups is 1. The normalized spacial score (nSPS) is 10.0. The topological polar surface area (TPSA) is 47.6 Å². The molecule has 0 aliphatic rings. The third-order valence-electron chi connectivity index (χ3n) is 2.75. The molecule has 1 radical (unpaired) electrons. The molecule has 105 valence electrons. The number of hydrogen-bond donors (Lipinski definition) is 1. The van der Waals surface area contributed by atoms with Gasteiger partial charge in [0.2, 0.25) is 0 Å². The monoisotopic (exact) mass is 264 g/mol. The van der Waals surface area contributed by atoms with Crippen molar-refractivity contribution >= 4 is 11.8 Å². The van der Waals surface area contributed by atoms with Gasteiger partial charge in [0.05, 0.1) is 6.61 Å². The number of carbonyl (C=O) groups excluding carboxylic acids is 1. The molecule has 1 amide bonds. The van der Waals surface area contributed by atoms with Crippen molar-refractivity contribution in [2.24, 2.45) is 0 Å². The van der Waals surface area contributed by atoms with E-state index in [4.69, 9.17) is 4.74 Å². The van der Waals surface area contributed by atoms with E-state index in [2.05, 4.69) is 24.1 Å². The van der Waals surface area contributed by atoms with Gasteiger partial charge in [0, 0.05) is 5.69 Å². The Balaban J connectivity index is 2.22. The molecule has 0 aromatic heterocycles. The van der Waals surface area contributed by atoms with Gasteiger partial charge in [0.1, 0.15) is 12.9 Å². The fourth-order valence-electron chi connectivity index (χ4n) is 1.68. The van der Waals surface area contributed by atoms with E-state index in [9.17, 15) is 4.79 Å². The number of nitrogens with one attached hydrogen (secondary N) is 1. The molecular weight excluding hydrogens is 242 g/mol. The Morgan fingerprint density at radius 3 is 2.47 bits per heavy atom. The standard InChI is InChI=1S/C15H22NO3/c1-3-4-5-6-7-12-19-14-10-8-13(9-11-14)16-15(17)18-2/h8-11H,2-7,12H2,1H3,(H,16,17). The van der Waals surface area contributed by atoms with Crippen LogP contribution in [0.5, 0.6) is 5.75 Å². The van der Waals surface area contributed by atoms with Crippen LogP contribution in [0.4, 0.5) is 10.5 Å². The molecule has 4 heteroatoms. The lowest BCUT2D eigenvalue weighted by molar-refractivity contribution is 0.199. The largest absolute Gasteiger partial charge is 0.494 e. The number of anilines is 1. The van der Waals surface area contributed by atoms with Gasteiger partial charge in [-0.3, -0.25) is 5.32 Å². The van der Waals surface area contributed by atoms with Crippen molar-refractivity contribution < 1.29 is 14.3 Å². The van der Waals surface area contributed by atoms with Crippen LogP contribution in [0.2, 0.25) is 0 Å². The highest BCUT2D eigenvalue weighted by atomic mass is 16.5. The molecule has 0 fully saturated rings. The van der Waals surface area contributed by atoms with E-state index in [1.54, 1.807) is 12.1 Å². The van der Waals surface area contributed by atoms with Crippen LogP contribution in [-0.4, -0.2) is 12.7 Å². The first-order chi connectivity index (χ1) is 9.26. The smallest absolute Gasteiger partial charge is 0.411 e. The summed E-state index contributed by atoms with van der Waals surface area (Å²) in [6.45, 7) is 2.94. The summed E-state index contributed by atoms with van der Waals surface area (Å²) in [5.41, 5.74) is 0.656. The molecule has 0 aliphatic heterocycles. The summed E-state index contributed by atoms with van der Waals surface area (Å²) in [5, 5.41) is 2.53. The van der Waals surface area contributed by atoms with Crippen LogP contribution in [-0.2, 0) is 4.74 Å². The summed E-state index contributed by atoms with van der Waals surface area (Å²) < 4.78 is 9.88. The third kappa shape index (κ3) is 6.70. The number of benzene rings is 1. The predicted molar refractivity (Wildman–Crippen MR) is 76.2 cm³/mol. The Kier molecular flexibility index (Phi) is 7.47. The van der Waals surface area contributed by atoms with Gasteiger partial charge in [-0.05, 0) is 30.7 Å². The first-order valence-electron chi connectivity index (χ1n) is 6.72. The van der Waals surface area contributed by atoms with Gasteiger partial charge in [0.15, 0.2) is 0 Å². The molecule has 0 aliphatic carbocycles. The van der Waals surface area contributed by atoms with Crippen LogP contribution in [0.15, 0.2) is 24.3 Å². The van der Waals surface area contributed by atoms with E-state index in [0.29, 0.717) is 5.69 Å². The summed E-state index contributed by atoms with van der Waals surface area (Å²) in [7, 11) is 3.03. The fourth-order valence-corrected chi connectivity index (χ4v) is 1.68. The zero-order chi connectivity index (χ0) is 13.9. The van der Waals surface area contributed by atoms with E-state index in [1.807, 2.05) is 12.1 Å². The van der Waals surface area contributed by atoms with Gasteiger partial charge in [-0.15, -0.1) is 0 Å². The molecular formula is C15H22NO3. The zero-order valence-corrected chi connectivity index (χ0v) is 11.5. The van der Waals surface area contributed by atoms with Gasteiger partial charge in [-0.1, -0.05) is 32.6 Å². The van der Waals surface area contributed by atoms with Crippen molar-refractivity contribution in [3.8, 4) is 5.75 Å². The average molecular weight is 264 g/mol. The first-order valence-corrected chi connectivity index (χ1v) is 6.72. The van der Waals surface area contributed by atoms with Crippen LogP contribution < -0.4 is 10.1 Å². The minimum Gasteiger partial charge on any atom is -0.494 e. The number of hydrogen-bond acceptors (Lipinski definition) is 3. The maximum Gasteiger partial charge on any atom is 0.411 e. The quantitative estimate of drug-likeness (QED) is 0.709. The molecule has 1 N–H and O–H groups in total. The number of amides is 1. The van der Waals surface area contributed by atoms with Crippen LogP contribution in [0, 0.1) is 7.11 Å². The van der Waals surface area contributed by atoms with Gasteiger partial charge in [-0.2, -0.15) is 0 Å². The van der Waals surface area contributed by atoms with E-state index < -0.39 is 6.09 Å². The van der Waals surface area contributed by atoms with E-state index in [-0.39, 0.29) is 0 Å². The molecule has 4 nitrogen and oxygen atoms in total. The highest BCUT2D eigenvalue weighted by Gasteiger charge is 2.00. The molecule has 0 bridgehead atoms. The summed E-state index contributed by atoms with van der Waals surface area (Å²) >= 11 is 0. The molecule has 0 spiro atoms. The lowest BCUT2D eigenvalue weighted by Crippen LogP contribution is -2.09. The Hall–Kier alpha value is -1.71. The zero-order valence-electron chi connectivity index (χ0n) is 11.5. The van der Waals surface area contributed by atoms with Crippen LogP contribution >= 0.6 is 0 Å². The maximum absolute atomic E-state index is 10.9. The van der Waals surface area contributed by atoms with Crippen LogP contribution in [0.1, 0.15) is 39.0 Å². The second-order valence-corrected chi connectivity index (χ2v) is 4.34. The molecule has 0 saturated heterocycles. The molecule has 1 rings (SSSR count). The molecule has 0 atom stereocenters. The van der Waals surface area contributed by atoms with Crippen molar-refractivity contribution in [2.45, 2.75) is 39.0 Å². The molecule has 1 aromatic rings. The highest BCUT2D eigenvalue weighted by Crippen LogP contribution is 2.16. The number of unbranched alkanes of at least 4 members (excludes halogenated alkanes) is 4. The fraction of sp³-hybridized carbons (Fsp3) is 0.467. The minimum atomic E-state index is -0.579. The van der Waals surface area contributed by atoms with Crippen molar-refractivity contribution in [1.29, 1.82) is 0 Å². The Labute approximate surface area is 115 Å². The minimum absolute atomic E-state index is 0.579. The third-order valence-corrected chi connectivity index (χ3v) is 2.75. The molecule has 0 unspecified atom stereocenters. The summed E-state index contributed by atoms with van der Waals surface area (Å²) in [6.07, 6.45) is 5.53. The average Bonchev–Trinajstić information content (AvgIpc) is 2.44. The van der Waals surface area contributed by atoms with Crippen molar-refractivity contribution in [3.05, 3.63) is 31.4 Å². The Bertz CT molecular complexity index is 362. The second kappa shape index (κ2) is 9.25. The SMILES string of the molecule is [CH2]OC(=O)Nc1ccc(OCCCCCCC)cc1. The van der Waals surface area contributed by atoms with E-state index >= 15 is 0 Å². The lowest BCUT2D eigenvalue weighted by atomic mass is 10.2. The number of rotatable bonds is 8. The predicted octanol–water partition coefficient (Wildman–Crippen LogP) is 4.38. The molecule has 0 heterocycles. The summed E-state index contributed by atoms with van der Waals surface area (Å²) in [4.78, 5) is 10.9. The van der Waals surface area contributed by atoms with Gasteiger partial charge >= 0.3 is 6.09 Å². The van der Waals surface area contributed by atoms with Crippen molar-refractivity contribution in [3.63, 3.8) is 0 Å². The van der Waals surface area contributed by atoms with Gasteiger partial charge < -0.3 is 9.47 Å².